The average molecular weight is 469 g/mol. The van der Waals surface area contributed by atoms with Crippen molar-refractivity contribution >= 4 is 41.3 Å². The van der Waals surface area contributed by atoms with Crippen molar-refractivity contribution < 1.29 is 9.42 Å². The molecule has 0 bridgehead atoms. The highest BCUT2D eigenvalue weighted by atomic mass is 35.5. The summed E-state index contributed by atoms with van der Waals surface area (Å²) < 4.78 is 6.00. The van der Waals surface area contributed by atoms with Gasteiger partial charge in [0.15, 0.2) is 5.69 Å². The third-order valence-corrected chi connectivity index (χ3v) is 5.71. The van der Waals surface area contributed by atoms with Crippen LogP contribution in [-0.4, -0.2) is 37.4 Å². The van der Waals surface area contributed by atoms with E-state index in [0.717, 1.165) is 10.5 Å². The molecule has 12 heteroatoms. The minimum Gasteiger partial charge on any atom is -0.378 e. The first kappa shape index (κ1) is 21.5. The van der Waals surface area contributed by atoms with Crippen LogP contribution in [0.15, 0.2) is 63.2 Å². The number of benzene rings is 2. The van der Waals surface area contributed by atoms with Gasteiger partial charge in [0.25, 0.3) is 5.91 Å². The Labute approximate surface area is 191 Å². The first-order chi connectivity index (χ1) is 15.5. The Morgan fingerprint density at radius 2 is 2.03 bits per heavy atom. The van der Waals surface area contributed by atoms with Crippen LogP contribution in [-0.2, 0) is 5.75 Å². The van der Waals surface area contributed by atoms with Gasteiger partial charge in [0.05, 0.1) is 11.9 Å². The lowest BCUT2D eigenvalue weighted by molar-refractivity contribution is 0.0949. The molecule has 162 valence electrons. The number of nitrogens with zero attached hydrogens (tertiary/aromatic N) is 6. The molecule has 0 spiro atoms. The number of carbonyl (C=O) groups is 1. The van der Waals surface area contributed by atoms with Crippen LogP contribution >= 0.6 is 23.4 Å². The first-order valence-corrected chi connectivity index (χ1v) is 10.7. The summed E-state index contributed by atoms with van der Waals surface area (Å²) in [7, 11) is 0. The van der Waals surface area contributed by atoms with Gasteiger partial charge < -0.3 is 5.73 Å². The number of hydrogen-bond donors (Lipinski definition) is 2. The highest BCUT2D eigenvalue weighted by Crippen LogP contribution is 2.26. The fourth-order valence-corrected chi connectivity index (χ4v) is 3.77. The summed E-state index contributed by atoms with van der Waals surface area (Å²) in [5, 5.41) is 19.8. The zero-order valence-corrected chi connectivity index (χ0v) is 18.3. The van der Waals surface area contributed by atoms with E-state index in [2.05, 4.69) is 35.8 Å². The van der Waals surface area contributed by atoms with Crippen molar-refractivity contribution in [2.45, 2.75) is 17.6 Å². The molecule has 2 aromatic heterocycles. The van der Waals surface area contributed by atoms with Gasteiger partial charge in [-0.25, -0.2) is 10.1 Å². The van der Waals surface area contributed by atoms with Gasteiger partial charge in [-0.1, -0.05) is 52.7 Å². The first-order valence-electron chi connectivity index (χ1n) is 9.33. The van der Waals surface area contributed by atoms with Gasteiger partial charge in [-0.15, -0.1) is 16.9 Å². The summed E-state index contributed by atoms with van der Waals surface area (Å²) in [6, 6.07) is 15.1. The Morgan fingerprint density at radius 1 is 1.25 bits per heavy atom. The lowest BCUT2D eigenvalue weighted by Crippen LogP contribution is -2.20. The molecule has 0 saturated heterocycles. The summed E-state index contributed by atoms with van der Waals surface area (Å²) >= 11 is 7.60. The van der Waals surface area contributed by atoms with Crippen molar-refractivity contribution in [2.24, 2.45) is 5.10 Å². The zero-order valence-electron chi connectivity index (χ0n) is 16.8. The summed E-state index contributed by atoms with van der Waals surface area (Å²) in [4.78, 5) is 13.8. The third-order valence-electron chi connectivity index (χ3n) is 4.35. The van der Waals surface area contributed by atoms with Crippen molar-refractivity contribution in [2.75, 3.05) is 5.73 Å². The molecule has 1 amide bonds. The lowest BCUT2D eigenvalue weighted by atomic mass is 10.2. The third kappa shape index (κ3) is 4.79. The Bertz CT molecular complexity index is 1270. The Hall–Kier alpha value is -3.70. The van der Waals surface area contributed by atoms with Crippen LogP contribution in [0.1, 0.15) is 27.3 Å². The van der Waals surface area contributed by atoms with Crippen LogP contribution in [0.2, 0.25) is 5.02 Å². The Morgan fingerprint density at radius 3 is 2.75 bits per heavy atom. The van der Waals surface area contributed by atoms with Crippen LogP contribution in [0.5, 0.6) is 0 Å². The van der Waals surface area contributed by atoms with E-state index in [1.165, 1.54) is 22.7 Å². The molecular formula is C20H17ClN8O2S. The summed E-state index contributed by atoms with van der Waals surface area (Å²) in [6.07, 6.45) is 1.45. The molecule has 4 aromatic rings. The molecule has 3 N–H and O–H groups in total. The SMILES string of the molecule is Cc1ccc(SCc2c(C(=O)NN=Cc3ccccc3Cl)nnn2-c2nonc2N)cc1. The molecule has 0 unspecified atom stereocenters. The van der Waals surface area contributed by atoms with E-state index in [1.807, 2.05) is 37.3 Å². The second-order valence-electron chi connectivity index (χ2n) is 6.59. The second kappa shape index (κ2) is 9.62. The number of aryl methyl sites for hydroxylation is 1. The highest BCUT2D eigenvalue weighted by molar-refractivity contribution is 7.98. The van der Waals surface area contributed by atoms with E-state index in [9.17, 15) is 4.79 Å². The molecule has 2 heterocycles. The number of halogens is 1. The molecule has 0 saturated carbocycles. The van der Waals surface area contributed by atoms with E-state index < -0.39 is 5.91 Å². The Kier molecular flexibility index (Phi) is 6.47. The summed E-state index contributed by atoms with van der Waals surface area (Å²) in [5.41, 5.74) is 10.6. The number of nitrogens with one attached hydrogen (secondary N) is 1. The monoisotopic (exact) mass is 468 g/mol. The van der Waals surface area contributed by atoms with Gasteiger partial charge in [-0.2, -0.15) is 9.78 Å². The molecule has 10 nitrogen and oxygen atoms in total. The van der Waals surface area contributed by atoms with Crippen molar-refractivity contribution in [1.82, 2.24) is 30.7 Å². The quantitative estimate of drug-likeness (QED) is 0.239. The molecule has 0 aliphatic carbocycles. The van der Waals surface area contributed by atoms with Gasteiger partial charge in [0.2, 0.25) is 11.6 Å². The van der Waals surface area contributed by atoms with Gasteiger partial charge in [-0.3, -0.25) is 4.79 Å². The molecule has 32 heavy (non-hydrogen) atoms. The maximum absolute atomic E-state index is 12.8. The molecule has 0 fully saturated rings. The average Bonchev–Trinajstić information content (AvgIpc) is 3.40. The number of hydrazone groups is 1. The number of rotatable bonds is 7. The maximum atomic E-state index is 12.8. The normalized spacial score (nSPS) is 11.2. The van der Waals surface area contributed by atoms with Gasteiger partial charge in [-0.05, 0) is 35.4 Å². The van der Waals surface area contributed by atoms with Gasteiger partial charge in [0.1, 0.15) is 0 Å². The van der Waals surface area contributed by atoms with E-state index in [4.69, 9.17) is 17.3 Å². The number of aromatic nitrogens is 5. The fraction of sp³-hybridized carbons (Fsp3) is 0.100. The number of hydrogen-bond acceptors (Lipinski definition) is 9. The van der Waals surface area contributed by atoms with Crippen LogP contribution < -0.4 is 11.2 Å². The number of amides is 1. The molecule has 0 aliphatic rings. The minimum absolute atomic E-state index is 0.0279. The van der Waals surface area contributed by atoms with Gasteiger partial charge in [0, 0.05) is 21.2 Å². The van der Waals surface area contributed by atoms with Crippen LogP contribution in [0.25, 0.3) is 5.82 Å². The molecule has 0 radical (unpaired) electrons. The summed E-state index contributed by atoms with van der Waals surface area (Å²) in [5.74, 6) is -0.0100. The molecule has 0 aliphatic heterocycles. The molecule has 2 aromatic carbocycles. The van der Waals surface area contributed by atoms with Crippen LogP contribution in [0.4, 0.5) is 5.82 Å². The van der Waals surface area contributed by atoms with Crippen molar-refractivity contribution in [3.63, 3.8) is 0 Å². The predicted octanol–water partition coefficient (Wildman–Crippen LogP) is 3.25. The number of nitrogen functional groups attached to an aromatic ring is 1. The molecule has 4 rings (SSSR count). The van der Waals surface area contributed by atoms with Crippen molar-refractivity contribution in [1.29, 1.82) is 0 Å². The number of anilines is 1. The molecular weight excluding hydrogens is 452 g/mol. The maximum Gasteiger partial charge on any atom is 0.293 e. The minimum atomic E-state index is -0.547. The van der Waals surface area contributed by atoms with Crippen LogP contribution in [0.3, 0.4) is 0 Å². The topological polar surface area (TPSA) is 137 Å². The van der Waals surface area contributed by atoms with E-state index in [1.54, 1.807) is 18.2 Å². The largest absolute Gasteiger partial charge is 0.378 e. The Balaban J connectivity index is 1.58. The fourth-order valence-electron chi connectivity index (χ4n) is 2.69. The van der Waals surface area contributed by atoms with E-state index >= 15 is 0 Å². The van der Waals surface area contributed by atoms with E-state index in [-0.39, 0.29) is 17.3 Å². The summed E-state index contributed by atoms with van der Waals surface area (Å²) in [6.45, 7) is 2.01. The standard InChI is InChI=1S/C20H17ClN8O2S/c1-12-6-8-14(9-7-12)32-11-16-17(24-28-29(16)19-18(22)26-31-27-19)20(30)25-23-10-13-4-2-3-5-15(13)21/h2-10H,11H2,1H3,(H2,22,26)(H,25,30). The number of thioether (sulfide) groups is 1. The smallest absolute Gasteiger partial charge is 0.293 e. The number of nitrogens with two attached hydrogens (primary N) is 1. The lowest BCUT2D eigenvalue weighted by Gasteiger charge is -2.06. The molecule has 0 atom stereocenters. The second-order valence-corrected chi connectivity index (χ2v) is 8.05. The van der Waals surface area contributed by atoms with Crippen molar-refractivity contribution in [3.8, 4) is 5.82 Å². The van der Waals surface area contributed by atoms with E-state index in [0.29, 0.717) is 22.0 Å². The van der Waals surface area contributed by atoms with Crippen molar-refractivity contribution in [3.05, 3.63) is 76.1 Å². The number of carbonyl (C=O) groups excluding carboxylic acids is 1. The zero-order chi connectivity index (χ0) is 22.5. The predicted molar refractivity (Wildman–Crippen MR) is 121 cm³/mol. The van der Waals surface area contributed by atoms with Gasteiger partial charge >= 0.3 is 0 Å². The van der Waals surface area contributed by atoms with Crippen LogP contribution in [0, 0.1) is 6.92 Å². The highest BCUT2D eigenvalue weighted by Gasteiger charge is 2.24.